The molecule has 3 heterocycles. The first-order valence-electron chi connectivity index (χ1n) is 10.5. The number of alkyl halides is 3. The molecule has 37 heavy (non-hydrogen) atoms. The van der Waals surface area contributed by atoms with Crippen LogP contribution in [-0.2, 0) is 19.1 Å². The van der Waals surface area contributed by atoms with Crippen LogP contribution in [0.25, 0.3) is 5.69 Å². The van der Waals surface area contributed by atoms with Crippen LogP contribution in [0.5, 0.6) is 5.88 Å². The van der Waals surface area contributed by atoms with Crippen molar-refractivity contribution >= 4 is 11.6 Å². The van der Waals surface area contributed by atoms with Gasteiger partial charge in [0.25, 0.3) is 11.8 Å². The minimum atomic E-state index is -4.91. The average Bonchev–Trinajstić information content (AvgIpc) is 3.26. The lowest BCUT2D eigenvalue weighted by Gasteiger charge is -2.35. The van der Waals surface area contributed by atoms with Crippen molar-refractivity contribution in [3.63, 3.8) is 0 Å². The lowest BCUT2D eigenvalue weighted by atomic mass is 10.0. The molecule has 0 spiro atoms. The number of carbonyl (C=O) groups is 1. The molecule has 1 atom stereocenters. The number of hydrogen-bond donors (Lipinski definition) is 6. The van der Waals surface area contributed by atoms with Crippen LogP contribution in [0.15, 0.2) is 42.6 Å². The molecule has 0 saturated carbocycles. The van der Waals surface area contributed by atoms with Crippen LogP contribution in [0.4, 0.5) is 18.9 Å². The maximum Gasteiger partial charge on any atom is 0.435 e. The van der Waals surface area contributed by atoms with E-state index in [2.05, 4.69) is 15.0 Å². The maximum atomic E-state index is 13.8. The lowest BCUT2D eigenvalue weighted by Crippen LogP contribution is -2.54. The molecule has 0 radical (unpaired) electrons. The summed E-state index contributed by atoms with van der Waals surface area (Å²) in [6.07, 6.45) is -6.30. The summed E-state index contributed by atoms with van der Waals surface area (Å²) in [5.41, 5.74) is -1.71. The Kier molecular flexibility index (Phi) is 6.91. The van der Waals surface area contributed by atoms with Crippen molar-refractivity contribution in [3.05, 3.63) is 65.1 Å². The Morgan fingerprint density at radius 2 is 1.89 bits per heavy atom. The minimum Gasteiger partial charge on any atom is -0.371 e. The zero-order chi connectivity index (χ0) is 27.1. The van der Waals surface area contributed by atoms with Crippen molar-refractivity contribution in [2.45, 2.75) is 31.3 Å². The number of aliphatic hydroxyl groups is 4. The third-order valence-corrected chi connectivity index (χ3v) is 5.64. The molecular formula is C21H20F3N5O8. The Labute approximate surface area is 205 Å². The van der Waals surface area contributed by atoms with Crippen LogP contribution in [0, 0.1) is 0 Å². The monoisotopic (exact) mass is 527 g/mol. The van der Waals surface area contributed by atoms with Gasteiger partial charge in [0, 0.05) is 36.7 Å². The number of hydroxylamine groups is 1. The fourth-order valence-electron chi connectivity index (χ4n) is 3.90. The van der Waals surface area contributed by atoms with Crippen LogP contribution in [-0.4, -0.2) is 75.2 Å². The number of benzene rings is 1. The average molecular weight is 527 g/mol. The number of rotatable bonds is 6. The number of aliphatic hydroxyl groups excluding tert-OH is 1. The molecule has 4 rings (SSSR count). The molecule has 0 saturated heterocycles. The summed E-state index contributed by atoms with van der Waals surface area (Å²) in [5, 5.41) is 60.4. The summed E-state index contributed by atoms with van der Waals surface area (Å²) in [5.74, 6) is -4.69. The molecule has 13 nitrogen and oxygen atoms in total. The van der Waals surface area contributed by atoms with Crippen LogP contribution < -0.4 is 9.95 Å². The van der Waals surface area contributed by atoms with E-state index in [1.165, 1.54) is 36.4 Å². The zero-order valence-electron chi connectivity index (χ0n) is 18.6. The van der Waals surface area contributed by atoms with Crippen molar-refractivity contribution in [2.75, 3.05) is 11.6 Å². The Morgan fingerprint density at radius 1 is 1.16 bits per heavy atom. The van der Waals surface area contributed by atoms with Gasteiger partial charge in [-0.2, -0.15) is 23.3 Å². The molecule has 0 bridgehead atoms. The fourth-order valence-corrected chi connectivity index (χ4v) is 3.90. The highest BCUT2D eigenvalue weighted by Gasteiger charge is 2.44. The van der Waals surface area contributed by atoms with Gasteiger partial charge in [-0.05, 0) is 24.3 Å². The first-order valence-corrected chi connectivity index (χ1v) is 10.5. The van der Waals surface area contributed by atoms with E-state index in [9.17, 15) is 43.6 Å². The molecule has 6 N–H and O–H groups in total. The number of aromatic nitrogens is 3. The molecule has 16 heteroatoms. The van der Waals surface area contributed by atoms with E-state index in [1.54, 1.807) is 0 Å². The second-order valence-electron chi connectivity index (χ2n) is 8.08. The van der Waals surface area contributed by atoms with Gasteiger partial charge in [-0.25, -0.2) is 14.9 Å². The zero-order valence-corrected chi connectivity index (χ0v) is 18.6. The van der Waals surface area contributed by atoms with Gasteiger partial charge in [0.15, 0.2) is 11.9 Å². The van der Waals surface area contributed by atoms with Gasteiger partial charge < -0.3 is 25.3 Å². The van der Waals surface area contributed by atoms with Gasteiger partial charge >= 0.3 is 12.1 Å². The van der Waals surface area contributed by atoms with E-state index in [0.717, 1.165) is 15.8 Å². The van der Waals surface area contributed by atoms with Crippen LogP contribution >= 0.6 is 0 Å². The Hall–Kier alpha value is -3.64. The molecule has 1 aromatic carbocycles. The molecule has 0 unspecified atom stereocenters. The van der Waals surface area contributed by atoms with Crippen LogP contribution in [0.1, 0.15) is 27.3 Å². The second kappa shape index (κ2) is 9.67. The molecule has 0 aliphatic carbocycles. The first-order chi connectivity index (χ1) is 17.3. The van der Waals surface area contributed by atoms with Crippen molar-refractivity contribution in [1.29, 1.82) is 0 Å². The highest BCUT2D eigenvalue weighted by atomic mass is 19.4. The van der Waals surface area contributed by atoms with Gasteiger partial charge in [-0.15, -0.1) is 0 Å². The van der Waals surface area contributed by atoms with E-state index in [0.29, 0.717) is 0 Å². The van der Waals surface area contributed by atoms with Gasteiger partial charge in [-0.3, -0.25) is 14.9 Å². The summed E-state index contributed by atoms with van der Waals surface area (Å²) in [4.78, 5) is 21.2. The molecular weight excluding hydrogens is 507 g/mol. The van der Waals surface area contributed by atoms with Crippen LogP contribution in [0.2, 0.25) is 0 Å². The lowest BCUT2D eigenvalue weighted by molar-refractivity contribution is -0.381. The van der Waals surface area contributed by atoms with Gasteiger partial charge in [0.1, 0.15) is 0 Å². The third-order valence-electron chi connectivity index (χ3n) is 5.64. The largest absolute Gasteiger partial charge is 0.435 e. The molecule has 2 aromatic heterocycles. The van der Waals surface area contributed by atoms with Crippen molar-refractivity contribution in [3.8, 4) is 11.6 Å². The van der Waals surface area contributed by atoms with E-state index < -0.39 is 36.5 Å². The molecule has 3 aromatic rings. The number of carbonyl (C=O) groups excluding carboxylic acids is 1. The summed E-state index contributed by atoms with van der Waals surface area (Å²) in [6, 6.07) is 7.68. The molecule has 1 aliphatic heterocycles. The Balaban J connectivity index is 1.69. The number of anilines is 1. The van der Waals surface area contributed by atoms with Crippen molar-refractivity contribution < 1.29 is 53.7 Å². The SMILES string of the molecule is O=C(c1cccc(-n2nc(C(F)(F)F)c3c2CCN([C@H](O)C(O)(O)O)C3)c1)N(O)c1ccc(OO)nc1. The van der Waals surface area contributed by atoms with E-state index in [-0.39, 0.29) is 52.1 Å². The summed E-state index contributed by atoms with van der Waals surface area (Å²) in [6.45, 7) is -0.775. The summed E-state index contributed by atoms with van der Waals surface area (Å²) < 4.78 is 42.4. The molecule has 0 fully saturated rings. The van der Waals surface area contributed by atoms with Gasteiger partial charge in [-0.1, -0.05) is 6.07 Å². The van der Waals surface area contributed by atoms with Gasteiger partial charge in [0.05, 0.1) is 23.3 Å². The van der Waals surface area contributed by atoms with Crippen LogP contribution in [0.3, 0.4) is 0 Å². The van der Waals surface area contributed by atoms with Gasteiger partial charge in [0.2, 0.25) is 0 Å². The third kappa shape index (κ3) is 5.25. The number of pyridine rings is 1. The number of hydrogen-bond acceptors (Lipinski definition) is 11. The number of fused-ring (bicyclic) bond motifs is 1. The van der Waals surface area contributed by atoms with E-state index in [1.807, 2.05) is 0 Å². The van der Waals surface area contributed by atoms with Crippen molar-refractivity contribution in [2.24, 2.45) is 0 Å². The standard InChI is InChI=1S/C21H20F3N5O8/c22-20(23,24)17-14-10-27(19(31)21(32,33)34)7-6-15(14)28(26-17)12-3-1-2-11(8-12)18(30)29(35)13-4-5-16(37-36)25-9-13/h1-5,8-9,19,31-36H,6-7,10H2/t19-/m1/s1. The number of halogens is 3. The Morgan fingerprint density at radius 3 is 2.49 bits per heavy atom. The first kappa shape index (κ1) is 26.4. The highest BCUT2D eigenvalue weighted by molar-refractivity contribution is 6.04. The second-order valence-corrected chi connectivity index (χ2v) is 8.08. The molecule has 198 valence electrons. The fraction of sp³-hybridized carbons (Fsp3) is 0.286. The predicted molar refractivity (Wildman–Crippen MR) is 114 cm³/mol. The van der Waals surface area contributed by atoms with E-state index >= 15 is 0 Å². The molecule has 1 aliphatic rings. The van der Waals surface area contributed by atoms with Crippen molar-refractivity contribution in [1.82, 2.24) is 19.7 Å². The maximum absolute atomic E-state index is 13.8. The highest BCUT2D eigenvalue weighted by Crippen LogP contribution is 2.37. The predicted octanol–water partition coefficient (Wildman–Crippen LogP) is 0.481. The normalized spacial score (nSPS) is 15.3. The topological polar surface area (TPSA) is 185 Å². The summed E-state index contributed by atoms with van der Waals surface area (Å²) in [7, 11) is 0. The number of amides is 1. The molecule has 1 amide bonds. The van der Waals surface area contributed by atoms with E-state index in [4.69, 9.17) is 5.26 Å². The minimum absolute atomic E-state index is 0.0583. The smallest absolute Gasteiger partial charge is 0.371 e. The quantitative estimate of drug-likeness (QED) is 0.113. The number of nitrogens with zero attached hydrogens (tertiary/aromatic N) is 5. The summed E-state index contributed by atoms with van der Waals surface area (Å²) >= 11 is 0. The Bertz CT molecular complexity index is 1290.